The van der Waals surface area contributed by atoms with E-state index in [1.807, 2.05) is 12.1 Å². The van der Waals surface area contributed by atoms with Gasteiger partial charge in [0.25, 0.3) is 0 Å². The predicted molar refractivity (Wildman–Crippen MR) is 58.3 cm³/mol. The fourth-order valence-corrected chi connectivity index (χ4v) is 1.68. The van der Waals surface area contributed by atoms with Gasteiger partial charge in [0, 0.05) is 18.3 Å². The van der Waals surface area contributed by atoms with Crippen LogP contribution in [0.1, 0.15) is 24.4 Å². The number of hydrogen-bond acceptors (Lipinski definition) is 2. The Labute approximate surface area is 84.9 Å². The number of nitrogens with one attached hydrogen (secondary N) is 1. The predicted octanol–water partition coefficient (Wildman–Crippen LogP) is 2.31. The van der Waals surface area contributed by atoms with Crippen LogP contribution in [0.15, 0.2) is 24.3 Å². The first kappa shape index (κ1) is 10.4. The molecule has 1 aromatic rings. The summed E-state index contributed by atoms with van der Waals surface area (Å²) >= 11 is 0. The molecule has 0 radical (unpaired) electrons. The van der Waals surface area contributed by atoms with Crippen molar-refractivity contribution in [1.82, 2.24) is 0 Å². The second kappa shape index (κ2) is 4.49. The molecule has 0 aromatic heterocycles. The normalized spacial score (nSPS) is 20.5. The molecule has 13 heavy (non-hydrogen) atoms. The Balaban J connectivity index is 0.000000845. The molecule has 72 valence electrons. The standard InChI is InChI=1S/C10H14N2.ClH/c11-9-5-3-7-12-10-6-2-1-4-8(9)10;/h1-2,4,6,9,12H,3,5,7,11H2;1H/t9-;/m0./s1. The Morgan fingerprint density at radius 2 is 2.08 bits per heavy atom. The molecule has 2 nitrogen and oxygen atoms in total. The van der Waals surface area contributed by atoms with Crippen molar-refractivity contribution in [3.8, 4) is 0 Å². The summed E-state index contributed by atoms with van der Waals surface area (Å²) in [4.78, 5) is 0. The Morgan fingerprint density at radius 1 is 1.31 bits per heavy atom. The highest BCUT2D eigenvalue weighted by Gasteiger charge is 2.12. The molecule has 1 heterocycles. The van der Waals surface area contributed by atoms with Crippen LogP contribution in [0.4, 0.5) is 5.69 Å². The Hall–Kier alpha value is -0.730. The second-order valence-electron chi connectivity index (χ2n) is 3.26. The van der Waals surface area contributed by atoms with E-state index in [1.165, 1.54) is 11.3 Å². The molecule has 0 unspecified atom stereocenters. The molecule has 2 rings (SSSR count). The van der Waals surface area contributed by atoms with E-state index in [9.17, 15) is 0 Å². The van der Waals surface area contributed by atoms with Gasteiger partial charge in [0.05, 0.1) is 0 Å². The van der Waals surface area contributed by atoms with E-state index in [-0.39, 0.29) is 18.4 Å². The third-order valence-electron chi connectivity index (χ3n) is 2.37. The lowest BCUT2D eigenvalue weighted by molar-refractivity contribution is 0.642. The summed E-state index contributed by atoms with van der Waals surface area (Å²) < 4.78 is 0. The fourth-order valence-electron chi connectivity index (χ4n) is 1.68. The lowest BCUT2D eigenvalue weighted by Crippen LogP contribution is -2.08. The van der Waals surface area contributed by atoms with Crippen LogP contribution in [0.25, 0.3) is 0 Å². The van der Waals surface area contributed by atoms with Gasteiger partial charge in [0.15, 0.2) is 0 Å². The Kier molecular flexibility index (Phi) is 3.58. The van der Waals surface area contributed by atoms with E-state index in [0.717, 1.165) is 19.4 Å². The number of benzene rings is 1. The highest BCUT2D eigenvalue weighted by molar-refractivity contribution is 5.85. The van der Waals surface area contributed by atoms with Gasteiger partial charge in [-0.25, -0.2) is 0 Å². The van der Waals surface area contributed by atoms with E-state index in [2.05, 4.69) is 17.4 Å². The monoisotopic (exact) mass is 198 g/mol. The second-order valence-corrected chi connectivity index (χ2v) is 3.26. The number of para-hydroxylation sites is 1. The molecule has 0 bridgehead atoms. The minimum Gasteiger partial charge on any atom is -0.385 e. The smallest absolute Gasteiger partial charge is 0.0388 e. The van der Waals surface area contributed by atoms with Gasteiger partial charge in [0.1, 0.15) is 0 Å². The van der Waals surface area contributed by atoms with E-state index in [1.54, 1.807) is 0 Å². The summed E-state index contributed by atoms with van der Waals surface area (Å²) in [5.74, 6) is 0. The number of fused-ring (bicyclic) bond motifs is 1. The zero-order chi connectivity index (χ0) is 8.39. The van der Waals surface area contributed by atoms with Gasteiger partial charge in [0.2, 0.25) is 0 Å². The van der Waals surface area contributed by atoms with Crippen molar-refractivity contribution in [2.24, 2.45) is 5.73 Å². The molecule has 0 amide bonds. The van der Waals surface area contributed by atoms with E-state index in [4.69, 9.17) is 5.73 Å². The maximum atomic E-state index is 6.01. The van der Waals surface area contributed by atoms with Crippen LogP contribution in [0.2, 0.25) is 0 Å². The number of halogens is 1. The first-order valence-corrected chi connectivity index (χ1v) is 4.46. The average Bonchev–Trinajstić information content (AvgIpc) is 2.29. The first-order valence-electron chi connectivity index (χ1n) is 4.46. The maximum absolute atomic E-state index is 6.01. The molecule has 0 saturated heterocycles. The average molecular weight is 199 g/mol. The topological polar surface area (TPSA) is 38.0 Å². The summed E-state index contributed by atoms with van der Waals surface area (Å²) in [6.45, 7) is 1.05. The van der Waals surface area contributed by atoms with Crippen LogP contribution in [-0.4, -0.2) is 6.54 Å². The Bertz CT molecular complexity index is 275. The van der Waals surface area contributed by atoms with E-state index in [0.29, 0.717) is 0 Å². The third kappa shape index (κ3) is 2.14. The highest BCUT2D eigenvalue weighted by Crippen LogP contribution is 2.26. The van der Waals surface area contributed by atoms with E-state index >= 15 is 0 Å². The molecule has 0 spiro atoms. The largest absolute Gasteiger partial charge is 0.385 e. The van der Waals surface area contributed by atoms with Gasteiger partial charge in [-0.15, -0.1) is 12.4 Å². The lowest BCUT2D eigenvalue weighted by atomic mass is 10.0. The molecule has 3 N–H and O–H groups in total. The van der Waals surface area contributed by atoms with Crippen molar-refractivity contribution in [3.05, 3.63) is 29.8 Å². The SMILES string of the molecule is Cl.N[C@H]1CCCNc2ccccc21. The van der Waals surface area contributed by atoms with Gasteiger partial charge in [-0.05, 0) is 24.5 Å². The van der Waals surface area contributed by atoms with Crippen molar-refractivity contribution in [3.63, 3.8) is 0 Å². The fraction of sp³-hybridized carbons (Fsp3) is 0.400. The van der Waals surface area contributed by atoms with Gasteiger partial charge in [-0.3, -0.25) is 0 Å². The summed E-state index contributed by atoms with van der Waals surface area (Å²) in [7, 11) is 0. The lowest BCUT2D eigenvalue weighted by Gasteiger charge is -2.11. The van der Waals surface area contributed by atoms with Crippen molar-refractivity contribution in [1.29, 1.82) is 0 Å². The molecule has 0 fully saturated rings. The molecule has 1 aliphatic heterocycles. The van der Waals surface area contributed by atoms with E-state index < -0.39 is 0 Å². The zero-order valence-electron chi connectivity index (χ0n) is 7.49. The van der Waals surface area contributed by atoms with Crippen LogP contribution in [0.3, 0.4) is 0 Å². The van der Waals surface area contributed by atoms with Crippen molar-refractivity contribution < 1.29 is 0 Å². The quantitative estimate of drug-likeness (QED) is 0.672. The van der Waals surface area contributed by atoms with Crippen molar-refractivity contribution >= 4 is 18.1 Å². The van der Waals surface area contributed by atoms with Gasteiger partial charge in [-0.1, -0.05) is 18.2 Å². The summed E-state index contributed by atoms with van der Waals surface area (Å²) in [5, 5.41) is 3.38. The van der Waals surface area contributed by atoms with Gasteiger partial charge >= 0.3 is 0 Å². The van der Waals surface area contributed by atoms with Crippen LogP contribution >= 0.6 is 12.4 Å². The number of hydrogen-bond donors (Lipinski definition) is 2. The molecule has 3 heteroatoms. The van der Waals surface area contributed by atoms with Crippen molar-refractivity contribution in [2.75, 3.05) is 11.9 Å². The van der Waals surface area contributed by atoms with Crippen LogP contribution in [-0.2, 0) is 0 Å². The molecular weight excluding hydrogens is 184 g/mol. The number of anilines is 1. The summed E-state index contributed by atoms with van der Waals surface area (Å²) in [6, 6.07) is 8.52. The van der Waals surface area contributed by atoms with Crippen LogP contribution in [0.5, 0.6) is 0 Å². The Morgan fingerprint density at radius 3 is 2.92 bits per heavy atom. The summed E-state index contributed by atoms with van der Waals surface area (Å²) in [5.41, 5.74) is 8.48. The third-order valence-corrected chi connectivity index (χ3v) is 2.37. The van der Waals surface area contributed by atoms with Crippen molar-refractivity contribution in [2.45, 2.75) is 18.9 Å². The molecule has 0 aliphatic carbocycles. The number of nitrogens with two attached hydrogens (primary N) is 1. The molecule has 1 atom stereocenters. The maximum Gasteiger partial charge on any atom is 0.0388 e. The molecular formula is C10H15ClN2. The molecule has 1 aromatic carbocycles. The van der Waals surface area contributed by atoms with Crippen LogP contribution in [0, 0.1) is 0 Å². The minimum atomic E-state index is 0. The summed E-state index contributed by atoms with van der Waals surface area (Å²) in [6.07, 6.45) is 2.25. The van der Waals surface area contributed by atoms with Crippen LogP contribution < -0.4 is 11.1 Å². The van der Waals surface area contributed by atoms with Gasteiger partial charge < -0.3 is 11.1 Å². The molecule has 0 saturated carbocycles. The minimum absolute atomic E-state index is 0. The first-order chi connectivity index (χ1) is 5.88. The highest BCUT2D eigenvalue weighted by atomic mass is 35.5. The zero-order valence-corrected chi connectivity index (χ0v) is 8.31. The number of rotatable bonds is 0. The molecule has 1 aliphatic rings. The van der Waals surface area contributed by atoms with Gasteiger partial charge in [-0.2, -0.15) is 0 Å².